The molecular formula is C15H27IN2O3. The van der Waals surface area contributed by atoms with Crippen molar-refractivity contribution in [2.24, 2.45) is 0 Å². The van der Waals surface area contributed by atoms with Crippen molar-refractivity contribution >= 4 is 22.6 Å². The molecule has 0 bridgehead atoms. The van der Waals surface area contributed by atoms with Crippen LogP contribution >= 0.6 is 22.6 Å². The number of aromatic nitrogens is 2. The van der Waals surface area contributed by atoms with Crippen molar-refractivity contribution in [1.29, 1.82) is 0 Å². The third-order valence-corrected chi connectivity index (χ3v) is 4.69. The maximum absolute atomic E-state index is 5.56. The van der Waals surface area contributed by atoms with Gasteiger partial charge in [0.15, 0.2) is 0 Å². The van der Waals surface area contributed by atoms with Gasteiger partial charge in [0.05, 0.1) is 48.8 Å². The molecule has 122 valence electrons. The SMILES string of the molecule is CCCCOCCOCCOCCn1nc(C)c(I)c1C. The topological polar surface area (TPSA) is 45.5 Å². The Morgan fingerprint density at radius 3 is 2.05 bits per heavy atom. The van der Waals surface area contributed by atoms with Gasteiger partial charge in [0.25, 0.3) is 0 Å². The zero-order valence-corrected chi connectivity index (χ0v) is 15.5. The van der Waals surface area contributed by atoms with E-state index in [1.54, 1.807) is 0 Å². The van der Waals surface area contributed by atoms with Crippen molar-refractivity contribution in [3.05, 3.63) is 15.0 Å². The van der Waals surface area contributed by atoms with E-state index in [2.05, 4.69) is 41.5 Å². The first-order valence-electron chi connectivity index (χ1n) is 7.59. The molecule has 0 saturated heterocycles. The van der Waals surface area contributed by atoms with Crippen molar-refractivity contribution in [2.45, 2.75) is 40.2 Å². The zero-order chi connectivity index (χ0) is 15.5. The third-order valence-electron chi connectivity index (χ3n) is 3.13. The second-order valence-corrected chi connectivity index (χ2v) is 5.98. The first kappa shape index (κ1) is 18.9. The Morgan fingerprint density at radius 2 is 1.52 bits per heavy atom. The highest BCUT2D eigenvalue weighted by molar-refractivity contribution is 14.1. The monoisotopic (exact) mass is 410 g/mol. The lowest BCUT2D eigenvalue weighted by Gasteiger charge is -2.07. The minimum absolute atomic E-state index is 0.616. The maximum atomic E-state index is 5.56. The lowest BCUT2D eigenvalue weighted by molar-refractivity contribution is 0.0123. The molecule has 0 aliphatic rings. The summed E-state index contributed by atoms with van der Waals surface area (Å²) in [6, 6.07) is 0. The largest absolute Gasteiger partial charge is 0.379 e. The number of nitrogens with zero attached hydrogens (tertiary/aromatic N) is 2. The van der Waals surface area contributed by atoms with Crippen LogP contribution in [0, 0.1) is 17.4 Å². The number of ether oxygens (including phenoxy) is 3. The number of aryl methyl sites for hydroxylation is 1. The van der Waals surface area contributed by atoms with Gasteiger partial charge in [-0.05, 0) is 42.9 Å². The Hall–Kier alpha value is -0.180. The molecule has 1 aromatic rings. The predicted molar refractivity (Wildman–Crippen MR) is 91.8 cm³/mol. The summed E-state index contributed by atoms with van der Waals surface area (Å²) in [7, 11) is 0. The van der Waals surface area contributed by atoms with Crippen LogP contribution in [0.5, 0.6) is 0 Å². The van der Waals surface area contributed by atoms with Gasteiger partial charge in [-0.3, -0.25) is 4.68 Å². The van der Waals surface area contributed by atoms with Gasteiger partial charge in [-0.25, -0.2) is 0 Å². The summed E-state index contributed by atoms with van der Waals surface area (Å²) in [6.07, 6.45) is 2.29. The first-order valence-corrected chi connectivity index (χ1v) is 8.67. The normalized spacial score (nSPS) is 11.2. The fraction of sp³-hybridized carbons (Fsp3) is 0.800. The third kappa shape index (κ3) is 7.58. The number of unbranched alkanes of at least 4 members (excludes halogenated alkanes) is 1. The van der Waals surface area contributed by atoms with Gasteiger partial charge >= 0.3 is 0 Å². The van der Waals surface area contributed by atoms with Crippen LogP contribution in [0.2, 0.25) is 0 Å². The number of halogens is 1. The average Bonchev–Trinajstić information content (AvgIpc) is 2.72. The molecule has 0 atom stereocenters. The standard InChI is InChI=1S/C15H27IN2O3/c1-4-5-7-19-9-11-21-12-10-20-8-6-18-14(3)15(16)13(2)17-18/h4-12H2,1-3H3. The van der Waals surface area contributed by atoms with Crippen molar-refractivity contribution in [1.82, 2.24) is 9.78 Å². The molecule has 0 saturated carbocycles. The highest BCUT2D eigenvalue weighted by atomic mass is 127. The fourth-order valence-corrected chi connectivity index (χ4v) is 2.22. The van der Waals surface area contributed by atoms with E-state index in [1.807, 2.05) is 11.6 Å². The Bertz CT molecular complexity index is 397. The Labute approximate surface area is 141 Å². The van der Waals surface area contributed by atoms with E-state index in [4.69, 9.17) is 14.2 Å². The summed E-state index contributed by atoms with van der Waals surface area (Å²) in [5, 5.41) is 4.47. The van der Waals surface area contributed by atoms with Crippen molar-refractivity contribution in [3.8, 4) is 0 Å². The fourth-order valence-electron chi connectivity index (χ4n) is 1.83. The summed E-state index contributed by atoms with van der Waals surface area (Å²) < 4.78 is 19.6. The molecule has 1 heterocycles. The van der Waals surface area contributed by atoms with Gasteiger partial charge in [0.1, 0.15) is 0 Å². The summed E-state index contributed by atoms with van der Waals surface area (Å²) in [4.78, 5) is 0. The van der Waals surface area contributed by atoms with Gasteiger partial charge in [-0.1, -0.05) is 13.3 Å². The van der Waals surface area contributed by atoms with Crippen LogP contribution in [0.4, 0.5) is 0 Å². The van der Waals surface area contributed by atoms with Gasteiger partial charge in [0.2, 0.25) is 0 Å². The molecule has 6 heteroatoms. The minimum Gasteiger partial charge on any atom is -0.379 e. The molecule has 0 fully saturated rings. The Morgan fingerprint density at radius 1 is 0.952 bits per heavy atom. The molecule has 5 nitrogen and oxygen atoms in total. The van der Waals surface area contributed by atoms with E-state index in [-0.39, 0.29) is 0 Å². The van der Waals surface area contributed by atoms with E-state index in [0.717, 1.165) is 25.3 Å². The first-order chi connectivity index (χ1) is 10.2. The summed E-state index contributed by atoms with van der Waals surface area (Å²) in [5.74, 6) is 0. The molecule has 0 aliphatic heterocycles. The predicted octanol–water partition coefficient (Wildman–Crippen LogP) is 2.95. The Kier molecular flexibility index (Phi) is 10.2. The lowest BCUT2D eigenvalue weighted by atomic mass is 10.4. The summed E-state index contributed by atoms with van der Waals surface area (Å²) in [5.41, 5.74) is 2.29. The van der Waals surface area contributed by atoms with Crippen LogP contribution in [-0.4, -0.2) is 49.4 Å². The molecule has 0 unspecified atom stereocenters. The second-order valence-electron chi connectivity index (χ2n) is 4.90. The van der Waals surface area contributed by atoms with E-state index in [9.17, 15) is 0 Å². The van der Waals surface area contributed by atoms with Crippen molar-refractivity contribution in [3.63, 3.8) is 0 Å². The molecule has 0 radical (unpaired) electrons. The van der Waals surface area contributed by atoms with E-state index in [1.165, 1.54) is 15.7 Å². The number of rotatable bonds is 12. The van der Waals surface area contributed by atoms with Crippen LogP contribution in [-0.2, 0) is 20.8 Å². The quantitative estimate of drug-likeness (QED) is 0.393. The second kappa shape index (κ2) is 11.4. The van der Waals surface area contributed by atoms with Crippen LogP contribution in [0.1, 0.15) is 31.2 Å². The molecule has 0 aromatic carbocycles. The molecule has 1 aromatic heterocycles. The molecule has 21 heavy (non-hydrogen) atoms. The molecule has 0 amide bonds. The molecule has 1 rings (SSSR count). The number of hydrogen-bond donors (Lipinski definition) is 0. The molecule has 0 aliphatic carbocycles. The highest BCUT2D eigenvalue weighted by Crippen LogP contribution is 2.14. The van der Waals surface area contributed by atoms with E-state index in [0.29, 0.717) is 33.0 Å². The maximum Gasteiger partial charge on any atom is 0.0730 e. The smallest absolute Gasteiger partial charge is 0.0730 e. The molecule has 0 spiro atoms. The van der Waals surface area contributed by atoms with Crippen molar-refractivity contribution < 1.29 is 14.2 Å². The highest BCUT2D eigenvalue weighted by Gasteiger charge is 2.07. The summed E-state index contributed by atoms with van der Waals surface area (Å²) in [6.45, 7) is 11.1. The van der Waals surface area contributed by atoms with Gasteiger partial charge in [-0.15, -0.1) is 0 Å². The van der Waals surface area contributed by atoms with Crippen LogP contribution < -0.4 is 0 Å². The Balaban J connectivity index is 1.94. The summed E-state index contributed by atoms with van der Waals surface area (Å²) >= 11 is 2.33. The van der Waals surface area contributed by atoms with E-state index < -0.39 is 0 Å². The van der Waals surface area contributed by atoms with E-state index >= 15 is 0 Å². The van der Waals surface area contributed by atoms with Crippen molar-refractivity contribution in [2.75, 3.05) is 39.6 Å². The average molecular weight is 410 g/mol. The van der Waals surface area contributed by atoms with Gasteiger partial charge in [0, 0.05) is 12.3 Å². The zero-order valence-electron chi connectivity index (χ0n) is 13.4. The molecule has 0 N–H and O–H groups in total. The number of hydrogen-bond acceptors (Lipinski definition) is 4. The van der Waals surface area contributed by atoms with Crippen LogP contribution in [0.3, 0.4) is 0 Å². The lowest BCUT2D eigenvalue weighted by Crippen LogP contribution is -2.13. The minimum atomic E-state index is 0.616. The van der Waals surface area contributed by atoms with Gasteiger partial charge < -0.3 is 14.2 Å². The van der Waals surface area contributed by atoms with Crippen LogP contribution in [0.25, 0.3) is 0 Å². The van der Waals surface area contributed by atoms with Gasteiger partial charge in [-0.2, -0.15) is 5.10 Å². The van der Waals surface area contributed by atoms with Crippen LogP contribution in [0.15, 0.2) is 0 Å². The molecular weight excluding hydrogens is 383 g/mol.